The molecule has 4 fully saturated rings. The number of nitriles is 2. The highest BCUT2D eigenvalue weighted by Crippen LogP contribution is 2.43. The molecule has 4 aromatic rings. The maximum atomic E-state index is 13.7. The molecular formula is C67H91Cl2N13O10S2. The summed E-state index contributed by atoms with van der Waals surface area (Å²) in [7, 11) is -3.11. The number of benzene rings is 4. The lowest BCUT2D eigenvalue weighted by atomic mass is 10.0. The van der Waals surface area contributed by atoms with Gasteiger partial charge in [0.25, 0.3) is 0 Å². The Labute approximate surface area is 564 Å². The first-order valence-corrected chi connectivity index (χ1v) is 37.0. The molecule has 4 aliphatic heterocycles. The van der Waals surface area contributed by atoms with Gasteiger partial charge in [-0.2, -0.15) is 10.5 Å². The summed E-state index contributed by atoms with van der Waals surface area (Å²) in [5.41, 5.74) is 4.84. The van der Waals surface area contributed by atoms with Crippen LogP contribution in [0.2, 0.25) is 10.0 Å². The van der Waals surface area contributed by atoms with Crippen molar-refractivity contribution < 1.29 is 45.4 Å². The van der Waals surface area contributed by atoms with Crippen molar-refractivity contribution >= 4 is 55.1 Å². The van der Waals surface area contributed by atoms with Gasteiger partial charge < -0.3 is 54.9 Å². The summed E-state index contributed by atoms with van der Waals surface area (Å²) in [5, 5.41) is 32.1. The van der Waals surface area contributed by atoms with E-state index in [2.05, 4.69) is 81.6 Å². The number of halogens is 2. The quantitative estimate of drug-likeness (QED) is 0.0411. The molecule has 10 rings (SSSR count). The summed E-state index contributed by atoms with van der Waals surface area (Å²) in [6, 6.07) is 24.3. The predicted octanol–water partition coefficient (Wildman–Crippen LogP) is 5.66. The molecule has 5 N–H and O–H groups in total. The van der Waals surface area contributed by atoms with Gasteiger partial charge in [0.1, 0.15) is 23.7 Å². The molecule has 0 unspecified atom stereocenters. The summed E-state index contributed by atoms with van der Waals surface area (Å²) < 4.78 is 82.2. The van der Waals surface area contributed by atoms with E-state index in [1.165, 1.54) is 0 Å². The third kappa shape index (κ3) is 19.4. The van der Waals surface area contributed by atoms with E-state index in [1.54, 1.807) is 60.7 Å². The topological polar surface area (TPSA) is 267 Å². The van der Waals surface area contributed by atoms with E-state index in [0.29, 0.717) is 144 Å². The molecule has 6 atom stereocenters. The number of likely N-dealkylation sites (N-methyl/N-ethyl adjacent to an activating group) is 2. The maximum Gasteiger partial charge on any atom is 0.314 e. The zero-order valence-corrected chi connectivity index (χ0v) is 57.2. The summed E-state index contributed by atoms with van der Waals surface area (Å²) in [6.45, 7) is 14.5. The molecule has 4 amide bonds. The van der Waals surface area contributed by atoms with Crippen LogP contribution in [0, 0.1) is 28.6 Å². The molecule has 4 saturated heterocycles. The highest BCUT2D eigenvalue weighted by molar-refractivity contribution is 7.91. The van der Waals surface area contributed by atoms with E-state index >= 15 is 0 Å². The fraction of sp³-hybridized carbons (Fsp3) is 0.582. The van der Waals surface area contributed by atoms with Crippen LogP contribution >= 0.6 is 23.2 Å². The second-order valence-corrected chi connectivity index (χ2v) is 30.3. The van der Waals surface area contributed by atoms with E-state index in [0.717, 1.165) is 107 Å². The lowest BCUT2D eigenvalue weighted by molar-refractivity contribution is 0.0804. The Bertz CT molecular complexity index is 3300. The van der Waals surface area contributed by atoms with Crippen LogP contribution in [-0.2, 0) is 42.2 Å². The number of carbonyl (C=O) groups excluding carboxylic acids is 2. The normalized spacial score (nSPS) is 22.6. The number of hydrogen-bond donors (Lipinski definition) is 5. The maximum absolute atomic E-state index is 13.7. The Morgan fingerprint density at radius 1 is 0.564 bits per heavy atom. The average molecular weight is 1370 g/mol. The van der Waals surface area contributed by atoms with Gasteiger partial charge in [-0.3, -0.25) is 14.7 Å². The van der Waals surface area contributed by atoms with Gasteiger partial charge in [-0.15, -0.1) is 0 Å². The number of nitrogens with zero attached hydrogens (tertiary/aromatic N) is 8. The first kappa shape index (κ1) is 70.9. The number of ether oxygens (including phenoxy) is 4. The molecule has 0 radical (unpaired) electrons. The molecule has 4 aromatic carbocycles. The molecule has 6 aliphatic rings. The molecule has 0 aromatic heterocycles. The number of sulfone groups is 1. The Balaban J connectivity index is 0.528. The van der Waals surface area contributed by atoms with Crippen LogP contribution in [-0.4, -0.2) is 241 Å². The highest BCUT2D eigenvalue weighted by atomic mass is 35.5. The molecule has 4 heterocycles. The number of carbonyl (C=O) groups is 2. The number of rotatable bonds is 29. The van der Waals surface area contributed by atoms with Crippen molar-refractivity contribution in [1.82, 2.24) is 55.4 Å². The number of nitrogens with one attached hydrogen (secondary N) is 5. The highest BCUT2D eigenvalue weighted by Gasteiger charge is 2.42. The summed E-state index contributed by atoms with van der Waals surface area (Å²) in [5.74, 6) is 1.13. The standard InChI is InChI=1S/C67H91Cl2N13O10S2/c1-77-21-5-23-81(29-27-77)62-41-58-49(43-70)37-51(68)39-60(58)64(62)91-54-7-11-56(12-8-54)93(85,86)47-48-15-25-79(45-48)31-35-89-33-19-74-66(83)72-17-3-4-18-73-67(84)75-20-34-90-36-32-80-26-16-53(46-80)76-94(87,88)57-13-9-55(10-14-57)92-65-61-40-52(69)38-50(44-71)59(61)42-63(65)82-24-6-22-78(2)28-30-82/h7-14,37-40,48,53,62-65,76H,3-6,15-36,41-42,45-47H2,1-2H3,(H2,72,74,83)(H2,73,75,84)/t48-,53-,62+,63+,64+,65+/m1/s1. The molecular weight excluding hydrogens is 1280 g/mol. The van der Waals surface area contributed by atoms with Crippen LogP contribution in [0.4, 0.5) is 9.59 Å². The predicted molar refractivity (Wildman–Crippen MR) is 360 cm³/mol. The zero-order valence-electron chi connectivity index (χ0n) is 54.0. The third-order valence-corrected chi connectivity index (χ3v) is 22.8. The molecule has 0 spiro atoms. The second-order valence-electron chi connectivity index (χ2n) is 25.7. The number of urea groups is 2. The van der Waals surface area contributed by atoms with Gasteiger partial charge in [-0.1, -0.05) is 23.2 Å². The van der Waals surface area contributed by atoms with E-state index in [-0.39, 0.29) is 63.9 Å². The summed E-state index contributed by atoms with van der Waals surface area (Å²) in [4.78, 5) is 39.0. The second kappa shape index (κ2) is 33.9. The lowest BCUT2D eigenvalue weighted by Crippen LogP contribution is -2.42. The minimum Gasteiger partial charge on any atom is -0.484 e. The van der Waals surface area contributed by atoms with Gasteiger partial charge in [0.05, 0.1) is 77.3 Å². The minimum atomic E-state index is -3.81. The number of amides is 4. The first-order chi connectivity index (χ1) is 45.4. The summed E-state index contributed by atoms with van der Waals surface area (Å²) in [6.07, 6.45) is 5.43. The SMILES string of the molecule is CN1CCCN([C@H]2Cc3c(C#N)cc(Cl)cc3[C@@H]2Oc2ccc(S(=O)(=O)C[C@@H]3CCN(CCOCCNC(=O)NCCCCNC(=O)NCCOCCN4CC[C@@H](NS(=O)(=O)c5ccc(O[C@H]6c7cc(Cl)cc(C#N)c7C[C@@H]6N6CCCN(C)CC6)cc5)C4)C3)cc2)CC1. The lowest BCUT2D eigenvalue weighted by Gasteiger charge is -2.32. The van der Waals surface area contributed by atoms with Crippen molar-refractivity contribution in [2.24, 2.45) is 5.92 Å². The number of hydrogen-bond acceptors (Lipinski definition) is 18. The van der Waals surface area contributed by atoms with Gasteiger partial charge in [-0.05, 0) is 206 Å². The smallest absolute Gasteiger partial charge is 0.314 e. The molecule has 94 heavy (non-hydrogen) atoms. The molecule has 27 heteroatoms. The third-order valence-electron chi connectivity index (χ3n) is 18.9. The largest absolute Gasteiger partial charge is 0.484 e. The minimum absolute atomic E-state index is 0.00110. The summed E-state index contributed by atoms with van der Waals surface area (Å²) >= 11 is 13.0. The van der Waals surface area contributed by atoms with Crippen LogP contribution in [0.15, 0.2) is 82.6 Å². The Morgan fingerprint density at radius 3 is 1.53 bits per heavy atom. The molecule has 510 valence electrons. The molecule has 0 bridgehead atoms. The number of likely N-dealkylation sites (tertiary alicyclic amines) is 2. The van der Waals surface area contributed by atoms with Crippen molar-refractivity contribution in [2.75, 3.05) is 164 Å². The van der Waals surface area contributed by atoms with Crippen LogP contribution in [0.1, 0.15) is 84.1 Å². The van der Waals surface area contributed by atoms with E-state index in [1.807, 2.05) is 12.1 Å². The van der Waals surface area contributed by atoms with E-state index < -0.39 is 19.9 Å². The molecule has 23 nitrogen and oxygen atoms in total. The van der Waals surface area contributed by atoms with Gasteiger partial charge >= 0.3 is 12.1 Å². The van der Waals surface area contributed by atoms with Gasteiger partial charge in [0.15, 0.2) is 9.84 Å². The van der Waals surface area contributed by atoms with Gasteiger partial charge in [0.2, 0.25) is 10.0 Å². The zero-order chi connectivity index (χ0) is 66.2. The molecule has 2 aliphatic carbocycles. The fourth-order valence-corrected chi connectivity index (χ4v) is 17.2. The molecule has 0 saturated carbocycles. The number of sulfonamides is 1. The van der Waals surface area contributed by atoms with Crippen molar-refractivity contribution in [2.45, 2.75) is 91.5 Å². The first-order valence-electron chi connectivity index (χ1n) is 33.1. The fourth-order valence-electron chi connectivity index (χ4n) is 13.9. The van der Waals surface area contributed by atoms with E-state index in [4.69, 9.17) is 42.1 Å². The van der Waals surface area contributed by atoms with Gasteiger partial charge in [0, 0.05) is 94.6 Å². The Morgan fingerprint density at radius 2 is 1.03 bits per heavy atom. The van der Waals surface area contributed by atoms with Crippen LogP contribution in [0.5, 0.6) is 11.5 Å². The van der Waals surface area contributed by atoms with Crippen molar-refractivity contribution in [3.63, 3.8) is 0 Å². The van der Waals surface area contributed by atoms with Crippen molar-refractivity contribution in [3.05, 3.63) is 116 Å². The average Bonchev–Trinajstić information content (AvgIpc) is 1.62. The van der Waals surface area contributed by atoms with Crippen LogP contribution < -0.4 is 35.5 Å². The number of unbranched alkanes of at least 4 members (excludes halogenated alkanes) is 1. The van der Waals surface area contributed by atoms with E-state index in [9.17, 15) is 36.9 Å². The van der Waals surface area contributed by atoms with Crippen LogP contribution in [0.3, 0.4) is 0 Å². The van der Waals surface area contributed by atoms with Crippen LogP contribution in [0.25, 0.3) is 0 Å². The Hall–Kier alpha value is -5.88. The number of fused-ring (bicyclic) bond motifs is 2. The van der Waals surface area contributed by atoms with Crippen molar-refractivity contribution in [1.29, 1.82) is 10.5 Å². The monoisotopic (exact) mass is 1370 g/mol. The van der Waals surface area contributed by atoms with Gasteiger partial charge in [-0.25, -0.2) is 31.1 Å². The van der Waals surface area contributed by atoms with Crippen molar-refractivity contribution in [3.8, 4) is 23.6 Å². The Kier molecular flexibility index (Phi) is 25.5.